The third-order valence-electron chi connectivity index (χ3n) is 4.49. The highest BCUT2D eigenvalue weighted by Gasteiger charge is 2.22. The summed E-state index contributed by atoms with van der Waals surface area (Å²) in [6, 6.07) is 11.4. The van der Waals surface area contributed by atoms with E-state index < -0.39 is 0 Å². The van der Waals surface area contributed by atoms with Crippen molar-refractivity contribution < 1.29 is 9.59 Å². The Labute approximate surface area is 150 Å². The SMILES string of the molecule is O=C(Cn1cnc2ccccc21)NCc1ccnc(N2CCCC2=O)c1. The van der Waals surface area contributed by atoms with Gasteiger partial charge < -0.3 is 9.88 Å². The molecule has 1 N–H and O–H groups in total. The summed E-state index contributed by atoms with van der Waals surface area (Å²) < 4.78 is 1.82. The lowest BCUT2D eigenvalue weighted by Crippen LogP contribution is -2.27. The van der Waals surface area contributed by atoms with E-state index in [0.29, 0.717) is 25.3 Å². The number of imidazole rings is 1. The van der Waals surface area contributed by atoms with E-state index in [2.05, 4.69) is 15.3 Å². The quantitative estimate of drug-likeness (QED) is 0.763. The van der Waals surface area contributed by atoms with Crippen LogP contribution in [0.4, 0.5) is 5.82 Å². The Hall–Kier alpha value is -3.22. The van der Waals surface area contributed by atoms with Gasteiger partial charge in [-0.05, 0) is 36.2 Å². The predicted octanol–water partition coefficient (Wildman–Crippen LogP) is 1.87. The van der Waals surface area contributed by atoms with E-state index in [4.69, 9.17) is 0 Å². The topological polar surface area (TPSA) is 80.1 Å². The second-order valence-electron chi connectivity index (χ2n) is 6.31. The van der Waals surface area contributed by atoms with Gasteiger partial charge in [-0.25, -0.2) is 9.97 Å². The van der Waals surface area contributed by atoms with Crippen LogP contribution in [0.2, 0.25) is 0 Å². The Morgan fingerprint density at radius 3 is 2.92 bits per heavy atom. The number of pyridine rings is 1. The molecule has 7 heteroatoms. The second-order valence-corrected chi connectivity index (χ2v) is 6.31. The summed E-state index contributed by atoms with van der Waals surface area (Å²) >= 11 is 0. The molecule has 4 rings (SSSR count). The minimum atomic E-state index is -0.0937. The molecule has 1 saturated heterocycles. The second kappa shape index (κ2) is 6.95. The maximum atomic E-state index is 12.3. The molecule has 1 aliphatic heterocycles. The minimum Gasteiger partial charge on any atom is -0.350 e. The molecule has 0 radical (unpaired) electrons. The first-order chi connectivity index (χ1) is 12.7. The van der Waals surface area contributed by atoms with Gasteiger partial charge in [-0.2, -0.15) is 0 Å². The van der Waals surface area contributed by atoms with Crippen LogP contribution in [0.25, 0.3) is 11.0 Å². The highest BCUT2D eigenvalue weighted by molar-refractivity contribution is 5.94. The molecule has 7 nitrogen and oxygen atoms in total. The number of nitrogens with zero attached hydrogens (tertiary/aromatic N) is 4. The molecule has 2 amide bonds. The van der Waals surface area contributed by atoms with Crippen LogP contribution in [0.1, 0.15) is 18.4 Å². The number of anilines is 1. The number of para-hydroxylation sites is 2. The average molecular weight is 349 g/mol. The lowest BCUT2D eigenvalue weighted by atomic mass is 10.2. The predicted molar refractivity (Wildman–Crippen MR) is 97.4 cm³/mol. The highest BCUT2D eigenvalue weighted by Crippen LogP contribution is 2.19. The molecule has 0 saturated carbocycles. The minimum absolute atomic E-state index is 0.0937. The molecule has 3 aromatic rings. The van der Waals surface area contributed by atoms with E-state index in [1.807, 2.05) is 41.0 Å². The summed E-state index contributed by atoms with van der Waals surface area (Å²) in [5.74, 6) is 0.661. The summed E-state index contributed by atoms with van der Waals surface area (Å²) in [5, 5.41) is 2.91. The van der Waals surface area contributed by atoms with E-state index in [1.54, 1.807) is 17.4 Å². The molecule has 0 spiro atoms. The highest BCUT2D eigenvalue weighted by atomic mass is 16.2. The van der Waals surface area contributed by atoms with Gasteiger partial charge in [0.25, 0.3) is 0 Å². The van der Waals surface area contributed by atoms with Gasteiger partial charge in [0.2, 0.25) is 11.8 Å². The molecule has 26 heavy (non-hydrogen) atoms. The molecule has 1 fully saturated rings. The van der Waals surface area contributed by atoms with Gasteiger partial charge >= 0.3 is 0 Å². The van der Waals surface area contributed by atoms with Crippen molar-refractivity contribution in [1.29, 1.82) is 0 Å². The van der Waals surface area contributed by atoms with Crippen LogP contribution in [0.5, 0.6) is 0 Å². The van der Waals surface area contributed by atoms with Crippen molar-refractivity contribution in [3.63, 3.8) is 0 Å². The van der Waals surface area contributed by atoms with Crippen molar-refractivity contribution in [2.24, 2.45) is 0 Å². The fourth-order valence-corrected chi connectivity index (χ4v) is 3.16. The monoisotopic (exact) mass is 349 g/mol. The molecule has 3 heterocycles. The molecule has 1 aliphatic rings. The third-order valence-corrected chi connectivity index (χ3v) is 4.49. The Morgan fingerprint density at radius 1 is 1.19 bits per heavy atom. The van der Waals surface area contributed by atoms with E-state index in [0.717, 1.165) is 23.0 Å². The molecule has 132 valence electrons. The zero-order chi connectivity index (χ0) is 17.9. The zero-order valence-corrected chi connectivity index (χ0v) is 14.3. The molecule has 2 aromatic heterocycles. The van der Waals surface area contributed by atoms with E-state index >= 15 is 0 Å². The first-order valence-electron chi connectivity index (χ1n) is 8.62. The first-order valence-corrected chi connectivity index (χ1v) is 8.62. The van der Waals surface area contributed by atoms with Crippen molar-refractivity contribution in [1.82, 2.24) is 19.9 Å². The van der Waals surface area contributed by atoms with Gasteiger partial charge in [-0.15, -0.1) is 0 Å². The number of hydrogen-bond donors (Lipinski definition) is 1. The van der Waals surface area contributed by atoms with Crippen LogP contribution in [0.3, 0.4) is 0 Å². The van der Waals surface area contributed by atoms with Crippen molar-refractivity contribution in [2.45, 2.75) is 25.9 Å². The van der Waals surface area contributed by atoms with Gasteiger partial charge in [0.05, 0.1) is 17.4 Å². The summed E-state index contributed by atoms with van der Waals surface area (Å²) in [6.45, 7) is 1.31. The van der Waals surface area contributed by atoms with Gasteiger partial charge in [-0.3, -0.25) is 14.5 Å². The number of carbonyl (C=O) groups excluding carboxylic acids is 2. The Morgan fingerprint density at radius 2 is 2.08 bits per heavy atom. The number of aromatic nitrogens is 3. The number of hydrogen-bond acceptors (Lipinski definition) is 4. The maximum Gasteiger partial charge on any atom is 0.240 e. The van der Waals surface area contributed by atoms with Crippen LogP contribution in [0, 0.1) is 0 Å². The fourth-order valence-electron chi connectivity index (χ4n) is 3.16. The Kier molecular flexibility index (Phi) is 4.35. The summed E-state index contributed by atoms with van der Waals surface area (Å²) in [6.07, 6.45) is 4.78. The average Bonchev–Trinajstić information content (AvgIpc) is 3.27. The van der Waals surface area contributed by atoms with Crippen LogP contribution in [-0.2, 0) is 22.7 Å². The maximum absolute atomic E-state index is 12.3. The third kappa shape index (κ3) is 3.28. The molecule has 0 atom stereocenters. The lowest BCUT2D eigenvalue weighted by Gasteiger charge is -2.15. The van der Waals surface area contributed by atoms with Crippen LogP contribution in [0.15, 0.2) is 48.9 Å². The van der Waals surface area contributed by atoms with Crippen molar-refractivity contribution in [3.8, 4) is 0 Å². The smallest absolute Gasteiger partial charge is 0.240 e. The molecular formula is C19H19N5O2. The normalized spacial score (nSPS) is 14.2. The number of fused-ring (bicyclic) bond motifs is 1. The standard InChI is InChI=1S/C19H19N5O2/c25-18(12-23-13-22-15-4-1-2-5-16(15)23)21-11-14-7-8-20-17(10-14)24-9-3-6-19(24)26/h1-2,4-5,7-8,10,13H,3,6,9,11-12H2,(H,21,25). The Balaban J connectivity index is 1.39. The molecular weight excluding hydrogens is 330 g/mol. The lowest BCUT2D eigenvalue weighted by molar-refractivity contribution is -0.121. The van der Waals surface area contributed by atoms with Gasteiger partial charge in [0.15, 0.2) is 0 Å². The van der Waals surface area contributed by atoms with E-state index in [1.165, 1.54) is 0 Å². The molecule has 0 bridgehead atoms. The number of amides is 2. The fraction of sp³-hybridized carbons (Fsp3) is 0.263. The van der Waals surface area contributed by atoms with Gasteiger partial charge in [0, 0.05) is 25.7 Å². The van der Waals surface area contributed by atoms with Gasteiger partial charge in [-0.1, -0.05) is 12.1 Å². The van der Waals surface area contributed by atoms with E-state index in [-0.39, 0.29) is 18.4 Å². The zero-order valence-electron chi connectivity index (χ0n) is 14.3. The molecule has 1 aromatic carbocycles. The van der Waals surface area contributed by atoms with Crippen molar-refractivity contribution in [2.75, 3.05) is 11.4 Å². The van der Waals surface area contributed by atoms with Crippen molar-refractivity contribution in [3.05, 3.63) is 54.5 Å². The van der Waals surface area contributed by atoms with Gasteiger partial charge in [0.1, 0.15) is 12.4 Å². The number of carbonyl (C=O) groups is 2. The summed E-state index contributed by atoms with van der Waals surface area (Å²) in [5.41, 5.74) is 2.72. The molecule has 0 unspecified atom stereocenters. The first kappa shape index (κ1) is 16.3. The van der Waals surface area contributed by atoms with Crippen LogP contribution >= 0.6 is 0 Å². The Bertz CT molecular complexity index is 965. The molecule has 0 aliphatic carbocycles. The van der Waals surface area contributed by atoms with E-state index in [9.17, 15) is 9.59 Å². The summed E-state index contributed by atoms with van der Waals surface area (Å²) in [7, 11) is 0. The summed E-state index contributed by atoms with van der Waals surface area (Å²) in [4.78, 5) is 34.4. The number of rotatable bonds is 5. The van der Waals surface area contributed by atoms with Crippen molar-refractivity contribution >= 4 is 28.7 Å². The number of benzene rings is 1. The van der Waals surface area contributed by atoms with Crippen LogP contribution in [-0.4, -0.2) is 32.9 Å². The van der Waals surface area contributed by atoms with Crippen LogP contribution < -0.4 is 10.2 Å². The largest absolute Gasteiger partial charge is 0.350 e. The number of nitrogens with one attached hydrogen (secondary N) is 1.